The minimum absolute atomic E-state index is 0.0813. The van der Waals surface area contributed by atoms with Gasteiger partial charge in [0.05, 0.1) is 5.60 Å². The summed E-state index contributed by atoms with van der Waals surface area (Å²) in [5.74, 6) is 0.641. The standard InChI is InChI=1S/C13H29NO/c1-7-11(8-2)9-13(6,15)10-14-12(3,4)5/h11,14-15H,7-10H2,1-6H3. The van der Waals surface area contributed by atoms with Crippen LogP contribution in [0.25, 0.3) is 0 Å². The predicted octanol–water partition coefficient (Wildman–Crippen LogP) is 2.95. The van der Waals surface area contributed by atoms with E-state index >= 15 is 0 Å². The van der Waals surface area contributed by atoms with E-state index in [0.717, 1.165) is 19.3 Å². The summed E-state index contributed by atoms with van der Waals surface area (Å²) in [4.78, 5) is 0. The Morgan fingerprint density at radius 3 is 1.87 bits per heavy atom. The van der Waals surface area contributed by atoms with Gasteiger partial charge in [-0.1, -0.05) is 26.7 Å². The maximum atomic E-state index is 10.2. The largest absolute Gasteiger partial charge is 0.389 e. The first-order chi connectivity index (χ1) is 6.70. The lowest BCUT2D eigenvalue weighted by atomic mass is 9.88. The Labute approximate surface area is 95.5 Å². The molecule has 0 saturated carbocycles. The van der Waals surface area contributed by atoms with Crippen LogP contribution in [0.4, 0.5) is 0 Å². The molecule has 2 nitrogen and oxygen atoms in total. The van der Waals surface area contributed by atoms with Crippen LogP contribution >= 0.6 is 0 Å². The highest BCUT2D eigenvalue weighted by molar-refractivity contribution is 4.82. The topological polar surface area (TPSA) is 32.3 Å². The molecule has 2 heteroatoms. The SMILES string of the molecule is CCC(CC)CC(C)(O)CNC(C)(C)C. The van der Waals surface area contributed by atoms with E-state index in [2.05, 4.69) is 39.9 Å². The van der Waals surface area contributed by atoms with Gasteiger partial charge < -0.3 is 10.4 Å². The van der Waals surface area contributed by atoms with E-state index in [1.807, 2.05) is 6.92 Å². The molecular weight excluding hydrogens is 186 g/mol. The summed E-state index contributed by atoms with van der Waals surface area (Å²) in [5.41, 5.74) is -0.498. The molecule has 0 fully saturated rings. The molecule has 0 saturated heterocycles. The molecule has 0 aliphatic heterocycles. The van der Waals surface area contributed by atoms with Crippen molar-refractivity contribution >= 4 is 0 Å². The molecule has 0 heterocycles. The summed E-state index contributed by atoms with van der Waals surface area (Å²) in [6.45, 7) is 13.4. The van der Waals surface area contributed by atoms with Crippen molar-refractivity contribution < 1.29 is 5.11 Å². The van der Waals surface area contributed by atoms with E-state index in [1.54, 1.807) is 0 Å². The van der Waals surface area contributed by atoms with E-state index in [1.165, 1.54) is 0 Å². The lowest BCUT2D eigenvalue weighted by molar-refractivity contribution is 0.0270. The molecule has 92 valence electrons. The summed E-state index contributed by atoms with van der Waals surface area (Å²) in [6, 6.07) is 0. The number of rotatable bonds is 6. The molecule has 0 aromatic rings. The fourth-order valence-corrected chi connectivity index (χ4v) is 1.73. The van der Waals surface area contributed by atoms with E-state index in [0.29, 0.717) is 12.5 Å². The van der Waals surface area contributed by atoms with Gasteiger partial charge in [0.2, 0.25) is 0 Å². The van der Waals surface area contributed by atoms with Crippen LogP contribution in [0, 0.1) is 5.92 Å². The van der Waals surface area contributed by atoms with E-state index in [-0.39, 0.29) is 5.54 Å². The summed E-state index contributed by atoms with van der Waals surface area (Å²) >= 11 is 0. The average Bonchev–Trinajstić information content (AvgIpc) is 2.10. The average molecular weight is 215 g/mol. The molecule has 0 radical (unpaired) electrons. The van der Waals surface area contributed by atoms with Gasteiger partial charge in [0.1, 0.15) is 0 Å². The zero-order valence-corrected chi connectivity index (χ0v) is 11.4. The van der Waals surface area contributed by atoms with Crippen molar-refractivity contribution in [3.8, 4) is 0 Å². The van der Waals surface area contributed by atoms with Crippen molar-refractivity contribution in [1.29, 1.82) is 0 Å². The third-order valence-electron chi connectivity index (χ3n) is 2.88. The summed E-state index contributed by atoms with van der Waals surface area (Å²) in [6.07, 6.45) is 3.20. The van der Waals surface area contributed by atoms with Gasteiger partial charge >= 0.3 is 0 Å². The van der Waals surface area contributed by atoms with Crippen molar-refractivity contribution in [3.05, 3.63) is 0 Å². The Bertz CT molecular complexity index is 166. The normalized spacial score (nSPS) is 16.8. The maximum absolute atomic E-state index is 10.2. The number of hydrogen-bond acceptors (Lipinski definition) is 2. The molecule has 0 aliphatic rings. The fraction of sp³-hybridized carbons (Fsp3) is 1.00. The molecule has 0 aromatic heterocycles. The minimum Gasteiger partial charge on any atom is -0.389 e. The second-order valence-corrected chi connectivity index (χ2v) is 5.99. The number of nitrogens with one attached hydrogen (secondary N) is 1. The molecule has 15 heavy (non-hydrogen) atoms. The van der Waals surface area contributed by atoms with Gasteiger partial charge in [0, 0.05) is 12.1 Å². The minimum atomic E-state index is -0.579. The maximum Gasteiger partial charge on any atom is 0.0746 e. The van der Waals surface area contributed by atoms with Crippen LogP contribution in [0.15, 0.2) is 0 Å². The summed E-state index contributed by atoms with van der Waals surface area (Å²) < 4.78 is 0. The quantitative estimate of drug-likeness (QED) is 0.714. The van der Waals surface area contributed by atoms with Gasteiger partial charge in [0.15, 0.2) is 0 Å². The Kier molecular flexibility index (Phi) is 5.82. The third kappa shape index (κ3) is 7.80. The molecule has 1 unspecified atom stereocenters. The van der Waals surface area contributed by atoms with Gasteiger partial charge in [-0.05, 0) is 40.0 Å². The van der Waals surface area contributed by atoms with Crippen LogP contribution in [0.5, 0.6) is 0 Å². The lowest BCUT2D eigenvalue weighted by Gasteiger charge is -2.31. The van der Waals surface area contributed by atoms with Crippen molar-refractivity contribution in [2.24, 2.45) is 5.92 Å². The molecule has 1 atom stereocenters. The smallest absolute Gasteiger partial charge is 0.0746 e. The lowest BCUT2D eigenvalue weighted by Crippen LogP contribution is -2.47. The van der Waals surface area contributed by atoms with Crippen LogP contribution in [0.3, 0.4) is 0 Å². The molecular formula is C13H29NO. The molecule has 0 aromatic carbocycles. The van der Waals surface area contributed by atoms with Gasteiger partial charge in [-0.3, -0.25) is 0 Å². The number of hydrogen-bond donors (Lipinski definition) is 2. The van der Waals surface area contributed by atoms with Crippen LogP contribution in [-0.4, -0.2) is 22.8 Å². The monoisotopic (exact) mass is 215 g/mol. The first-order valence-corrected chi connectivity index (χ1v) is 6.17. The highest BCUT2D eigenvalue weighted by Gasteiger charge is 2.25. The van der Waals surface area contributed by atoms with Gasteiger partial charge in [0.25, 0.3) is 0 Å². The van der Waals surface area contributed by atoms with Crippen molar-refractivity contribution in [3.63, 3.8) is 0 Å². The van der Waals surface area contributed by atoms with Crippen molar-refractivity contribution in [2.45, 2.75) is 71.9 Å². The van der Waals surface area contributed by atoms with Gasteiger partial charge in [-0.2, -0.15) is 0 Å². The van der Waals surface area contributed by atoms with Crippen LogP contribution in [-0.2, 0) is 0 Å². The van der Waals surface area contributed by atoms with Crippen molar-refractivity contribution in [1.82, 2.24) is 5.32 Å². The first-order valence-electron chi connectivity index (χ1n) is 6.17. The van der Waals surface area contributed by atoms with Crippen LogP contribution in [0.1, 0.15) is 60.8 Å². The zero-order valence-electron chi connectivity index (χ0n) is 11.4. The Hall–Kier alpha value is -0.0800. The van der Waals surface area contributed by atoms with E-state index in [9.17, 15) is 5.11 Å². The molecule has 0 amide bonds. The number of β-amino-alcohol motifs (C(OH)–C–C–N with tert-alkyl or cyclic N) is 1. The molecule has 0 spiro atoms. The predicted molar refractivity (Wildman–Crippen MR) is 67.1 cm³/mol. The molecule has 2 N–H and O–H groups in total. The highest BCUT2D eigenvalue weighted by Crippen LogP contribution is 2.22. The fourth-order valence-electron chi connectivity index (χ4n) is 1.73. The molecule has 0 rings (SSSR count). The van der Waals surface area contributed by atoms with Gasteiger partial charge in [-0.25, -0.2) is 0 Å². The Morgan fingerprint density at radius 1 is 1.07 bits per heavy atom. The molecule has 0 bridgehead atoms. The molecule has 0 aliphatic carbocycles. The summed E-state index contributed by atoms with van der Waals surface area (Å²) in [5, 5.41) is 13.6. The van der Waals surface area contributed by atoms with E-state index in [4.69, 9.17) is 0 Å². The van der Waals surface area contributed by atoms with Crippen LogP contribution < -0.4 is 5.32 Å². The summed E-state index contributed by atoms with van der Waals surface area (Å²) in [7, 11) is 0. The van der Waals surface area contributed by atoms with Crippen molar-refractivity contribution in [2.75, 3.05) is 6.54 Å². The Morgan fingerprint density at radius 2 is 1.53 bits per heavy atom. The van der Waals surface area contributed by atoms with Gasteiger partial charge in [-0.15, -0.1) is 0 Å². The third-order valence-corrected chi connectivity index (χ3v) is 2.88. The van der Waals surface area contributed by atoms with Crippen LogP contribution in [0.2, 0.25) is 0 Å². The Balaban J connectivity index is 4.06. The highest BCUT2D eigenvalue weighted by atomic mass is 16.3. The second-order valence-electron chi connectivity index (χ2n) is 5.99. The first kappa shape index (κ1) is 14.9. The van der Waals surface area contributed by atoms with E-state index < -0.39 is 5.60 Å². The zero-order chi connectivity index (χ0) is 12.1. The number of aliphatic hydroxyl groups is 1. The second kappa shape index (κ2) is 5.86.